The number of benzene rings is 2. The number of fused-ring (bicyclic) bond motifs is 1. The number of nitriles is 1. The number of hydrogen-bond donors (Lipinski definition) is 1. The average molecular weight is 490 g/mol. The molecule has 0 atom stereocenters. The lowest BCUT2D eigenvalue weighted by Gasteiger charge is -2.31. The lowest BCUT2D eigenvalue weighted by atomic mass is 10.1. The summed E-state index contributed by atoms with van der Waals surface area (Å²) in [6.45, 7) is 0. The number of hydrazine groups is 1. The molecule has 2 aromatic carbocycles. The molecule has 2 heterocycles. The smallest absolute Gasteiger partial charge is 0.493 e. The molecule has 4 rings (SSSR count). The van der Waals surface area contributed by atoms with Gasteiger partial charge in [-0.05, 0) is 36.4 Å². The van der Waals surface area contributed by atoms with Crippen molar-refractivity contribution in [3.63, 3.8) is 0 Å². The van der Waals surface area contributed by atoms with Crippen LogP contribution < -0.4 is 24.6 Å². The fourth-order valence-electron chi connectivity index (χ4n) is 3.11. The van der Waals surface area contributed by atoms with Crippen LogP contribution in [-0.4, -0.2) is 24.8 Å². The van der Waals surface area contributed by atoms with Gasteiger partial charge in [0.25, 0.3) is 0 Å². The SMILES string of the molecule is COc1cc(NN(C=O)c2ccc3c(c2)C(F)(F)OC(F)(F)O3)ccc1Oc1ccnc(C#N)c1. The van der Waals surface area contributed by atoms with Crippen molar-refractivity contribution in [1.29, 1.82) is 5.26 Å². The molecule has 0 aliphatic carbocycles. The van der Waals surface area contributed by atoms with E-state index in [0.29, 0.717) is 5.75 Å². The molecule has 0 unspecified atom stereocenters. The summed E-state index contributed by atoms with van der Waals surface area (Å²) in [5.41, 5.74) is 2.02. The highest BCUT2D eigenvalue weighted by atomic mass is 19.3. The topological polar surface area (TPSA) is 106 Å². The number of halogens is 4. The Morgan fingerprint density at radius 3 is 2.63 bits per heavy atom. The van der Waals surface area contributed by atoms with E-state index < -0.39 is 23.7 Å². The molecule has 3 aromatic rings. The molecule has 1 aliphatic heterocycles. The number of carbonyl (C=O) groups is 1. The Morgan fingerprint density at radius 2 is 1.91 bits per heavy atom. The number of methoxy groups -OCH3 is 1. The Bertz CT molecular complexity index is 1320. The van der Waals surface area contributed by atoms with Crippen molar-refractivity contribution in [1.82, 2.24) is 4.98 Å². The minimum atomic E-state index is -4.51. The second kappa shape index (κ2) is 8.99. The maximum atomic E-state index is 14.1. The molecular weight excluding hydrogens is 476 g/mol. The Balaban J connectivity index is 1.57. The van der Waals surface area contributed by atoms with Gasteiger partial charge in [-0.25, -0.2) is 14.7 Å². The number of pyridine rings is 1. The van der Waals surface area contributed by atoms with Crippen molar-refractivity contribution in [2.75, 3.05) is 17.5 Å². The molecule has 1 aliphatic rings. The van der Waals surface area contributed by atoms with Crippen LogP contribution in [0.4, 0.5) is 28.9 Å². The first-order valence-corrected chi connectivity index (χ1v) is 9.66. The first-order valence-electron chi connectivity index (χ1n) is 9.66. The molecule has 1 amide bonds. The molecule has 1 N–H and O–H groups in total. The maximum absolute atomic E-state index is 14.1. The summed E-state index contributed by atoms with van der Waals surface area (Å²) in [5.74, 6) is 0.0429. The molecule has 13 heteroatoms. The highest BCUT2D eigenvalue weighted by molar-refractivity contribution is 5.80. The summed E-state index contributed by atoms with van der Waals surface area (Å²) in [7, 11) is 1.37. The fourth-order valence-corrected chi connectivity index (χ4v) is 3.11. The van der Waals surface area contributed by atoms with E-state index in [1.807, 2.05) is 6.07 Å². The predicted molar refractivity (Wildman–Crippen MR) is 111 cm³/mol. The highest BCUT2D eigenvalue weighted by Crippen LogP contribution is 2.47. The second-order valence-electron chi connectivity index (χ2n) is 6.91. The van der Waals surface area contributed by atoms with Gasteiger partial charge in [-0.15, -0.1) is 8.78 Å². The third-order valence-electron chi connectivity index (χ3n) is 4.62. The van der Waals surface area contributed by atoms with E-state index in [2.05, 4.69) is 19.9 Å². The Hall–Kier alpha value is -4.57. The molecule has 0 spiro atoms. The number of hydrogen-bond acceptors (Lipinski definition) is 8. The number of nitrogens with one attached hydrogen (secondary N) is 1. The zero-order chi connectivity index (χ0) is 25.2. The summed E-state index contributed by atoms with van der Waals surface area (Å²) >= 11 is 0. The van der Waals surface area contributed by atoms with E-state index >= 15 is 0 Å². The van der Waals surface area contributed by atoms with E-state index in [1.165, 1.54) is 43.6 Å². The molecule has 0 saturated carbocycles. The number of alkyl halides is 4. The van der Waals surface area contributed by atoms with Gasteiger partial charge in [-0.1, -0.05) is 0 Å². The first kappa shape index (κ1) is 23.6. The third kappa shape index (κ3) is 5.02. The summed E-state index contributed by atoms with van der Waals surface area (Å²) in [6.07, 6.45) is -7.18. The first-order chi connectivity index (χ1) is 16.6. The van der Waals surface area contributed by atoms with Gasteiger partial charge in [0, 0.05) is 18.3 Å². The molecule has 180 valence electrons. The molecule has 0 saturated heterocycles. The van der Waals surface area contributed by atoms with Gasteiger partial charge < -0.3 is 14.2 Å². The highest BCUT2D eigenvalue weighted by Gasteiger charge is 2.54. The molecule has 0 fully saturated rings. The molecule has 1 aromatic heterocycles. The van der Waals surface area contributed by atoms with Crippen molar-refractivity contribution in [3.05, 3.63) is 66.0 Å². The van der Waals surface area contributed by atoms with Crippen molar-refractivity contribution in [2.24, 2.45) is 0 Å². The normalized spacial score (nSPS) is 15.1. The van der Waals surface area contributed by atoms with Crippen LogP contribution in [0.2, 0.25) is 0 Å². The molecular formula is C22H14F4N4O5. The lowest BCUT2D eigenvalue weighted by Crippen LogP contribution is -2.41. The minimum absolute atomic E-state index is 0.115. The van der Waals surface area contributed by atoms with Crippen molar-refractivity contribution >= 4 is 17.8 Å². The van der Waals surface area contributed by atoms with Crippen LogP contribution in [0, 0.1) is 11.3 Å². The fraction of sp³-hybridized carbons (Fsp3) is 0.136. The quantitative estimate of drug-likeness (QED) is 0.287. The van der Waals surface area contributed by atoms with Gasteiger partial charge in [-0.2, -0.15) is 14.0 Å². The van der Waals surface area contributed by atoms with Gasteiger partial charge in [-0.3, -0.25) is 10.2 Å². The van der Waals surface area contributed by atoms with E-state index in [9.17, 15) is 22.4 Å². The summed E-state index contributed by atoms with van der Waals surface area (Å²) in [5, 5.41) is 9.79. The third-order valence-corrected chi connectivity index (χ3v) is 4.62. The Labute approximate surface area is 195 Å². The molecule has 0 radical (unpaired) electrons. The largest absolute Gasteiger partial charge is 0.540 e. The monoisotopic (exact) mass is 490 g/mol. The van der Waals surface area contributed by atoms with Crippen LogP contribution in [-0.2, 0) is 15.6 Å². The Kier molecular flexibility index (Phi) is 6.06. The van der Waals surface area contributed by atoms with Crippen LogP contribution in [0.25, 0.3) is 0 Å². The molecule has 9 nitrogen and oxygen atoms in total. The van der Waals surface area contributed by atoms with E-state index in [-0.39, 0.29) is 35.0 Å². The zero-order valence-corrected chi connectivity index (χ0v) is 17.7. The van der Waals surface area contributed by atoms with Gasteiger partial charge in [0.15, 0.2) is 11.5 Å². The van der Waals surface area contributed by atoms with Gasteiger partial charge >= 0.3 is 12.4 Å². The minimum Gasteiger partial charge on any atom is -0.493 e. The van der Waals surface area contributed by atoms with Crippen molar-refractivity contribution in [3.8, 4) is 29.1 Å². The van der Waals surface area contributed by atoms with Crippen molar-refractivity contribution in [2.45, 2.75) is 12.4 Å². The number of carbonyl (C=O) groups excluding carboxylic acids is 1. The number of rotatable bonds is 7. The summed E-state index contributed by atoms with van der Waals surface area (Å²) in [4.78, 5) is 15.5. The average Bonchev–Trinajstić information content (AvgIpc) is 2.82. The molecule has 35 heavy (non-hydrogen) atoms. The standard InChI is InChI=1S/C22H14F4N4O5/c1-32-20-9-13(2-4-19(20)33-16-6-7-28-14(8-16)11-27)29-30(12-31)15-3-5-18-17(10-15)21(23,24)35-22(25,26)34-18/h2-10,12,29H,1H3. The number of amides is 1. The zero-order valence-electron chi connectivity index (χ0n) is 17.7. The Morgan fingerprint density at radius 1 is 1.11 bits per heavy atom. The van der Waals surface area contributed by atoms with Crippen LogP contribution in [0.5, 0.6) is 23.0 Å². The van der Waals surface area contributed by atoms with Gasteiger partial charge in [0.05, 0.1) is 24.0 Å². The number of nitrogens with zero attached hydrogens (tertiary/aromatic N) is 3. The van der Waals surface area contributed by atoms with Crippen LogP contribution in [0.15, 0.2) is 54.7 Å². The van der Waals surface area contributed by atoms with Crippen LogP contribution in [0.3, 0.4) is 0 Å². The van der Waals surface area contributed by atoms with Crippen LogP contribution in [0.1, 0.15) is 11.3 Å². The number of aromatic nitrogens is 1. The van der Waals surface area contributed by atoms with E-state index in [0.717, 1.165) is 23.2 Å². The van der Waals surface area contributed by atoms with Gasteiger partial charge in [0.2, 0.25) is 6.41 Å². The summed E-state index contributed by atoms with van der Waals surface area (Å²) < 4.78 is 73.2. The summed E-state index contributed by atoms with van der Waals surface area (Å²) in [6, 6.07) is 12.1. The van der Waals surface area contributed by atoms with Crippen molar-refractivity contribution < 1.29 is 41.3 Å². The van der Waals surface area contributed by atoms with E-state index in [1.54, 1.807) is 0 Å². The molecule has 0 bridgehead atoms. The van der Waals surface area contributed by atoms with Gasteiger partial charge in [0.1, 0.15) is 23.3 Å². The second-order valence-corrected chi connectivity index (χ2v) is 6.91. The number of ether oxygens (including phenoxy) is 4. The predicted octanol–water partition coefficient (Wildman–Crippen LogP) is 4.75. The van der Waals surface area contributed by atoms with Crippen LogP contribution >= 0.6 is 0 Å². The number of anilines is 2. The van der Waals surface area contributed by atoms with E-state index in [4.69, 9.17) is 14.7 Å². The lowest BCUT2D eigenvalue weighted by molar-refractivity contribution is -0.461. The maximum Gasteiger partial charge on any atom is 0.540 e.